The van der Waals surface area contributed by atoms with Gasteiger partial charge in [0.1, 0.15) is 0 Å². The van der Waals surface area contributed by atoms with Gasteiger partial charge in [-0.05, 0) is 36.2 Å². The normalized spacial score (nSPS) is 17.3. The summed E-state index contributed by atoms with van der Waals surface area (Å²) in [4.78, 5) is 39.0. The molecule has 2 amide bonds. The Morgan fingerprint density at radius 3 is 2.57 bits per heavy atom. The number of aryl methyl sites for hydroxylation is 1. The average Bonchev–Trinajstić information content (AvgIpc) is 3.10. The van der Waals surface area contributed by atoms with E-state index in [1.165, 1.54) is 7.11 Å². The monoisotopic (exact) mass is 444 g/mol. The second kappa shape index (κ2) is 8.56. The van der Waals surface area contributed by atoms with E-state index in [0.29, 0.717) is 5.56 Å². The number of halogens is 1. The van der Waals surface area contributed by atoms with Crippen LogP contribution in [0.5, 0.6) is 0 Å². The zero-order chi connectivity index (χ0) is 20.3. The molecule has 7 heteroatoms. The standard InChI is InChI=1S/C21H21BrN2O4/c1-13-10-16(8-9-17(13)22)24-12-15(11-18(24)25)20(26)23-19(21(27)28-2)14-6-4-3-5-7-14/h3-10,15,19H,11-12H2,1-2H3,(H,23,26)/t15-,19-/m0/s1. The summed E-state index contributed by atoms with van der Waals surface area (Å²) >= 11 is 3.45. The lowest BCUT2D eigenvalue weighted by Crippen LogP contribution is -2.39. The zero-order valence-electron chi connectivity index (χ0n) is 15.6. The van der Waals surface area contributed by atoms with Gasteiger partial charge in [-0.15, -0.1) is 0 Å². The first-order chi connectivity index (χ1) is 13.4. The number of benzene rings is 2. The van der Waals surface area contributed by atoms with Crippen LogP contribution in [0.3, 0.4) is 0 Å². The van der Waals surface area contributed by atoms with Gasteiger partial charge in [0.25, 0.3) is 0 Å². The Balaban J connectivity index is 1.74. The minimum Gasteiger partial charge on any atom is -0.467 e. The predicted octanol–water partition coefficient (Wildman–Crippen LogP) is 3.14. The van der Waals surface area contributed by atoms with E-state index in [-0.39, 0.29) is 24.8 Å². The number of rotatable bonds is 5. The number of anilines is 1. The Morgan fingerprint density at radius 2 is 1.93 bits per heavy atom. The van der Waals surface area contributed by atoms with Crippen molar-refractivity contribution in [2.24, 2.45) is 5.92 Å². The third-order valence-electron chi connectivity index (χ3n) is 4.81. The van der Waals surface area contributed by atoms with Crippen molar-refractivity contribution < 1.29 is 19.1 Å². The molecule has 2 aromatic rings. The molecular weight excluding hydrogens is 424 g/mol. The third-order valence-corrected chi connectivity index (χ3v) is 5.70. The van der Waals surface area contributed by atoms with E-state index in [0.717, 1.165) is 15.7 Å². The quantitative estimate of drug-likeness (QED) is 0.718. The molecule has 2 atom stereocenters. The molecule has 1 aliphatic rings. The number of amides is 2. The van der Waals surface area contributed by atoms with Crippen LogP contribution in [0.15, 0.2) is 53.0 Å². The maximum atomic E-state index is 12.8. The lowest BCUT2D eigenvalue weighted by Gasteiger charge is -2.20. The van der Waals surface area contributed by atoms with Gasteiger partial charge in [0.15, 0.2) is 6.04 Å². The van der Waals surface area contributed by atoms with Crippen LogP contribution in [0.1, 0.15) is 23.6 Å². The molecule has 3 rings (SSSR count). The molecule has 0 radical (unpaired) electrons. The number of methoxy groups -OCH3 is 1. The number of carbonyl (C=O) groups is 3. The summed E-state index contributed by atoms with van der Waals surface area (Å²) in [5.74, 6) is -1.54. The van der Waals surface area contributed by atoms with Gasteiger partial charge in [0.2, 0.25) is 11.8 Å². The fourth-order valence-electron chi connectivity index (χ4n) is 3.23. The van der Waals surface area contributed by atoms with Crippen LogP contribution < -0.4 is 10.2 Å². The molecule has 0 aromatic heterocycles. The van der Waals surface area contributed by atoms with Crippen molar-refractivity contribution in [3.8, 4) is 0 Å². The number of ether oxygens (including phenoxy) is 1. The van der Waals surface area contributed by atoms with Crippen LogP contribution in [0.4, 0.5) is 5.69 Å². The molecule has 0 saturated carbocycles. The highest BCUT2D eigenvalue weighted by atomic mass is 79.9. The number of esters is 1. The van der Waals surface area contributed by atoms with E-state index in [1.807, 2.05) is 31.2 Å². The first-order valence-corrected chi connectivity index (χ1v) is 9.69. The van der Waals surface area contributed by atoms with E-state index in [1.54, 1.807) is 29.2 Å². The van der Waals surface area contributed by atoms with Crippen molar-refractivity contribution in [2.75, 3.05) is 18.6 Å². The largest absolute Gasteiger partial charge is 0.467 e. The van der Waals surface area contributed by atoms with Crippen molar-refractivity contribution >= 4 is 39.4 Å². The Morgan fingerprint density at radius 1 is 1.21 bits per heavy atom. The molecule has 6 nitrogen and oxygen atoms in total. The van der Waals surface area contributed by atoms with Gasteiger partial charge in [-0.2, -0.15) is 0 Å². The van der Waals surface area contributed by atoms with Crippen LogP contribution in [0, 0.1) is 12.8 Å². The molecular formula is C21H21BrN2O4. The first-order valence-electron chi connectivity index (χ1n) is 8.90. The summed E-state index contributed by atoms with van der Waals surface area (Å²) < 4.78 is 5.79. The molecule has 1 fully saturated rings. The molecule has 0 aliphatic carbocycles. The number of hydrogen-bond donors (Lipinski definition) is 1. The highest BCUT2D eigenvalue weighted by molar-refractivity contribution is 9.10. The van der Waals surface area contributed by atoms with Gasteiger partial charge in [0, 0.05) is 23.1 Å². The fraction of sp³-hybridized carbons (Fsp3) is 0.286. The maximum absolute atomic E-state index is 12.8. The number of nitrogens with one attached hydrogen (secondary N) is 1. The Labute approximate surface area is 172 Å². The maximum Gasteiger partial charge on any atom is 0.333 e. The van der Waals surface area contributed by atoms with Gasteiger partial charge >= 0.3 is 5.97 Å². The van der Waals surface area contributed by atoms with Gasteiger partial charge in [-0.3, -0.25) is 9.59 Å². The van der Waals surface area contributed by atoms with E-state index in [2.05, 4.69) is 21.2 Å². The molecule has 146 valence electrons. The second-order valence-electron chi connectivity index (χ2n) is 6.71. The Bertz CT molecular complexity index is 901. The van der Waals surface area contributed by atoms with Gasteiger partial charge in [0.05, 0.1) is 13.0 Å². The van der Waals surface area contributed by atoms with Crippen molar-refractivity contribution in [3.63, 3.8) is 0 Å². The lowest BCUT2D eigenvalue weighted by molar-refractivity contribution is -0.145. The van der Waals surface area contributed by atoms with Crippen LogP contribution in [-0.2, 0) is 19.1 Å². The first kappa shape index (κ1) is 20.1. The van der Waals surface area contributed by atoms with Gasteiger partial charge in [-0.25, -0.2) is 4.79 Å². The van der Waals surface area contributed by atoms with E-state index in [4.69, 9.17) is 4.74 Å². The third kappa shape index (κ3) is 4.25. The molecule has 0 spiro atoms. The van der Waals surface area contributed by atoms with E-state index < -0.39 is 17.9 Å². The molecule has 1 N–H and O–H groups in total. The molecule has 28 heavy (non-hydrogen) atoms. The minimum atomic E-state index is -0.905. The average molecular weight is 445 g/mol. The Kier molecular flexibility index (Phi) is 6.14. The number of hydrogen-bond acceptors (Lipinski definition) is 4. The minimum absolute atomic E-state index is 0.101. The van der Waals surface area contributed by atoms with Crippen LogP contribution in [-0.4, -0.2) is 31.4 Å². The van der Waals surface area contributed by atoms with Crippen molar-refractivity contribution in [3.05, 3.63) is 64.1 Å². The molecule has 2 aromatic carbocycles. The summed E-state index contributed by atoms with van der Waals surface area (Å²) in [6.45, 7) is 2.22. The predicted molar refractivity (Wildman–Crippen MR) is 109 cm³/mol. The van der Waals surface area contributed by atoms with E-state index in [9.17, 15) is 14.4 Å². The SMILES string of the molecule is COC(=O)[C@@H](NC(=O)[C@H]1CC(=O)N(c2ccc(Br)c(C)c2)C1)c1ccccc1. The smallest absolute Gasteiger partial charge is 0.333 e. The summed E-state index contributed by atoms with van der Waals surface area (Å²) in [7, 11) is 1.28. The topological polar surface area (TPSA) is 75.7 Å². The van der Waals surface area contributed by atoms with Crippen LogP contribution in [0.2, 0.25) is 0 Å². The fourth-order valence-corrected chi connectivity index (χ4v) is 3.48. The zero-order valence-corrected chi connectivity index (χ0v) is 17.2. The molecule has 0 unspecified atom stereocenters. The summed E-state index contributed by atoms with van der Waals surface area (Å²) in [5, 5.41) is 2.74. The molecule has 1 saturated heterocycles. The highest BCUT2D eigenvalue weighted by Crippen LogP contribution is 2.29. The van der Waals surface area contributed by atoms with Crippen molar-refractivity contribution in [1.29, 1.82) is 0 Å². The second-order valence-corrected chi connectivity index (χ2v) is 7.57. The van der Waals surface area contributed by atoms with Gasteiger partial charge in [-0.1, -0.05) is 46.3 Å². The van der Waals surface area contributed by atoms with Crippen LogP contribution >= 0.6 is 15.9 Å². The molecule has 1 aliphatic heterocycles. The Hall–Kier alpha value is -2.67. The lowest BCUT2D eigenvalue weighted by atomic mass is 10.0. The number of nitrogens with zero attached hydrogens (tertiary/aromatic N) is 1. The highest BCUT2D eigenvalue weighted by Gasteiger charge is 2.37. The number of carbonyl (C=O) groups excluding carboxylic acids is 3. The summed E-state index contributed by atoms with van der Waals surface area (Å²) in [6, 6.07) is 13.6. The van der Waals surface area contributed by atoms with Gasteiger partial charge < -0.3 is 15.0 Å². The van der Waals surface area contributed by atoms with Crippen molar-refractivity contribution in [2.45, 2.75) is 19.4 Å². The summed E-state index contributed by atoms with van der Waals surface area (Å²) in [5.41, 5.74) is 2.40. The molecule has 1 heterocycles. The van der Waals surface area contributed by atoms with Crippen molar-refractivity contribution in [1.82, 2.24) is 5.32 Å². The summed E-state index contributed by atoms with van der Waals surface area (Å²) in [6.07, 6.45) is 0.101. The molecule has 0 bridgehead atoms. The van der Waals surface area contributed by atoms with E-state index >= 15 is 0 Å². The van der Waals surface area contributed by atoms with Crippen LogP contribution in [0.25, 0.3) is 0 Å².